The van der Waals surface area contributed by atoms with Gasteiger partial charge in [-0.15, -0.1) is 0 Å². The van der Waals surface area contributed by atoms with E-state index in [0.29, 0.717) is 0 Å². The molecule has 5 heteroatoms. The zero-order valence-electron chi connectivity index (χ0n) is 13.2. The predicted molar refractivity (Wildman–Crippen MR) is 78.6 cm³/mol. The summed E-state index contributed by atoms with van der Waals surface area (Å²) in [5, 5.41) is 14.8. The molecule has 1 saturated carbocycles. The monoisotopic (exact) mass is 284 g/mol. The van der Waals surface area contributed by atoms with Gasteiger partial charge in [0.25, 0.3) is 0 Å². The van der Waals surface area contributed by atoms with Crippen LogP contribution in [0.3, 0.4) is 0 Å². The summed E-state index contributed by atoms with van der Waals surface area (Å²) < 4.78 is 0. The zero-order valence-corrected chi connectivity index (χ0v) is 13.2. The van der Waals surface area contributed by atoms with Gasteiger partial charge >= 0.3 is 12.0 Å². The number of amides is 2. The lowest BCUT2D eigenvalue weighted by molar-refractivity contribution is -0.141. The van der Waals surface area contributed by atoms with Gasteiger partial charge in [-0.2, -0.15) is 0 Å². The molecule has 0 aromatic carbocycles. The van der Waals surface area contributed by atoms with E-state index in [9.17, 15) is 14.7 Å². The minimum absolute atomic E-state index is 0.0655. The van der Waals surface area contributed by atoms with Gasteiger partial charge < -0.3 is 15.7 Å². The minimum Gasteiger partial charge on any atom is -0.480 e. The number of hydrogen-bond acceptors (Lipinski definition) is 2. The summed E-state index contributed by atoms with van der Waals surface area (Å²) >= 11 is 0. The van der Waals surface area contributed by atoms with Crippen LogP contribution in [-0.4, -0.2) is 29.2 Å². The van der Waals surface area contributed by atoms with Crippen molar-refractivity contribution in [3.63, 3.8) is 0 Å². The fourth-order valence-electron chi connectivity index (χ4n) is 2.74. The summed E-state index contributed by atoms with van der Waals surface area (Å²) in [7, 11) is 0. The average molecular weight is 284 g/mol. The van der Waals surface area contributed by atoms with Crippen LogP contribution in [0, 0.1) is 10.8 Å². The Hall–Kier alpha value is -1.26. The number of carboxylic acids is 1. The van der Waals surface area contributed by atoms with E-state index in [1.807, 2.05) is 0 Å². The van der Waals surface area contributed by atoms with E-state index < -0.39 is 17.4 Å². The topological polar surface area (TPSA) is 78.4 Å². The summed E-state index contributed by atoms with van der Waals surface area (Å²) in [5.41, 5.74) is -0.457. The van der Waals surface area contributed by atoms with E-state index in [4.69, 9.17) is 0 Å². The van der Waals surface area contributed by atoms with Crippen molar-refractivity contribution in [3.8, 4) is 0 Å². The van der Waals surface area contributed by atoms with Crippen LogP contribution in [0.15, 0.2) is 0 Å². The maximum absolute atomic E-state index is 12.1. The second-order valence-corrected chi connectivity index (χ2v) is 7.54. The van der Waals surface area contributed by atoms with Crippen LogP contribution >= 0.6 is 0 Å². The van der Waals surface area contributed by atoms with Crippen LogP contribution in [0.2, 0.25) is 0 Å². The van der Waals surface area contributed by atoms with Crippen molar-refractivity contribution >= 4 is 12.0 Å². The molecule has 1 aliphatic carbocycles. The molecule has 0 bridgehead atoms. The highest BCUT2D eigenvalue weighted by Gasteiger charge is 2.36. The fraction of sp³-hybridized carbons (Fsp3) is 0.867. The quantitative estimate of drug-likeness (QED) is 0.745. The first-order chi connectivity index (χ1) is 9.04. The van der Waals surface area contributed by atoms with Crippen LogP contribution in [0.1, 0.15) is 60.3 Å². The molecule has 20 heavy (non-hydrogen) atoms. The van der Waals surface area contributed by atoms with Crippen molar-refractivity contribution in [2.24, 2.45) is 10.8 Å². The van der Waals surface area contributed by atoms with E-state index in [2.05, 4.69) is 24.5 Å². The lowest BCUT2D eigenvalue weighted by Crippen LogP contribution is -2.56. The Morgan fingerprint density at radius 2 is 1.85 bits per heavy atom. The lowest BCUT2D eigenvalue weighted by Gasteiger charge is -2.39. The second-order valence-electron chi connectivity index (χ2n) is 7.54. The van der Waals surface area contributed by atoms with Crippen molar-refractivity contribution in [1.29, 1.82) is 0 Å². The first kappa shape index (κ1) is 16.8. The molecular weight excluding hydrogens is 256 g/mol. The first-order valence-corrected chi connectivity index (χ1v) is 7.34. The summed E-state index contributed by atoms with van der Waals surface area (Å²) in [6.07, 6.45) is 4.33. The smallest absolute Gasteiger partial charge is 0.326 e. The van der Waals surface area contributed by atoms with Gasteiger partial charge in [0.15, 0.2) is 0 Å². The molecule has 0 spiro atoms. The minimum atomic E-state index is -1.00. The van der Waals surface area contributed by atoms with Crippen LogP contribution in [-0.2, 0) is 4.79 Å². The Kier molecular flexibility index (Phi) is 5.05. The van der Waals surface area contributed by atoms with Gasteiger partial charge in [0.1, 0.15) is 6.04 Å². The van der Waals surface area contributed by atoms with Gasteiger partial charge in [-0.1, -0.05) is 47.5 Å². The molecule has 1 rings (SSSR count). The van der Waals surface area contributed by atoms with Gasteiger partial charge in [0.05, 0.1) is 0 Å². The molecule has 0 aromatic heterocycles. The third kappa shape index (κ3) is 4.39. The highest BCUT2D eigenvalue weighted by molar-refractivity contribution is 5.83. The number of nitrogens with one attached hydrogen (secondary N) is 2. The number of carbonyl (C=O) groups excluding carboxylic acids is 1. The Morgan fingerprint density at radius 1 is 1.25 bits per heavy atom. The largest absolute Gasteiger partial charge is 0.480 e. The maximum atomic E-state index is 12.1. The fourth-order valence-corrected chi connectivity index (χ4v) is 2.74. The van der Waals surface area contributed by atoms with Crippen molar-refractivity contribution in [2.75, 3.05) is 0 Å². The normalized spacial score (nSPS) is 23.8. The molecule has 2 amide bonds. The Balaban J connectivity index is 2.64. The van der Waals surface area contributed by atoms with Gasteiger partial charge in [0, 0.05) is 6.04 Å². The molecule has 1 aliphatic rings. The molecule has 0 saturated heterocycles. The van der Waals surface area contributed by atoms with Crippen molar-refractivity contribution in [2.45, 2.75) is 72.4 Å². The number of aliphatic carboxylic acids is 1. The van der Waals surface area contributed by atoms with Gasteiger partial charge in [-0.25, -0.2) is 9.59 Å². The van der Waals surface area contributed by atoms with E-state index in [1.165, 1.54) is 6.42 Å². The molecule has 3 N–H and O–H groups in total. The van der Waals surface area contributed by atoms with E-state index in [0.717, 1.165) is 19.3 Å². The van der Waals surface area contributed by atoms with Gasteiger partial charge in [0.2, 0.25) is 0 Å². The number of hydrogen-bond donors (Lipinski definition) is 3. The summed E-state index contributed by atoms with van der Waals surface area (Å²) in [4.78, 5) is 23.3. The first-order valence-electron chi connectivity index (χ1n) is 7.34. The molecule has 0 aliphatic heterocycles. The maximum Gasteiger partial charge on any atom is 0.326 e. The molecular formula is C15H28N2O3. The molecule has 0 radical (unpaired) electrons. The summed E-state index contributed by atoms with van der Waals surface area (Å²) in [6, 6.07) is -1.17. The summed E-state index contributed by atoms with van der Waals surface area (Å²) in [6.45, 7) is 9.70. The highest BCUT2D eigenvalue weighted by atomic mass is 16.4. The number of carbonyl (C=O) groups is 2. The molecule has 0 aromatic rings. The van der Waals surface area contributed by atoms with Crippen molar-refractivity contribution in [3.05, 3.63) is 0 Å². The van der Waals surface area contributed by atoms with E-state index in [-0.39, 0.29) is 17.5 Å². The molecule has 5 nitrogen and oxygen atoms in total. The number of rotatable bonds is 3. The van der Waals surface area contributed by atoms with E-state index in [1.54, 1.807) is 20.8 Å². The lowest BCUT2D eigenvalue weighted by atomic mass is 9.73. The van der Waals surface area contributed by atoms with Crippen LogP contribution in [0.5, 0.6) is 0 Å². The van der Waals surface area contributed by atoms with Gasteiger partial charge in [-0.3, -0.25) is 0 Å². The third-order valence-corrected chi connectivity index (χ3v) is 4.20. The zero-order chi connectivity index (χ0) is 15.6. The van der Waals surface area contributed by atoms with E-state index >= 15 is 0 Å². The Morgan fingerprint density at radius 3 is 2.30 bits per heavy atom. The Labute approximate surface area is 121 Å². The second kappa shape index (κ2) is 6.02. The SMILES string of the molecule is CC1(C)CCCCC1NC(=O)N[C@@H](C(=O)O)C(C)(C)C. The van der Waals surface area contributed by atoms with Crippen LogP contribution in [0.25, 0.3) is 0 Å². The van der Waals surface area contributed by atoms with Gasteiger partial charge in [-0.05, 0) is 23.7 Å². The molecule has 116 valence electrons. The predicted octanol–water partition coefficient (Wildman–Crippen LogP) is 2.75. The average Bonchev–Trinajstić information content (AvgIpc) is 2.27. The molecule has 1 fully saturated rings. The standard InChI is InChI=1S/C15H28N2O3/c1-14(2,3)11(12(18)19)17-13(20)16-10-8-6-7-9-15(10,4)5/h10-11H,6-9H2,1-5H3,(H,18,19)(H2,16,17,20)/t10?,11-/m0/s1. The highest BCUT2D eigenvalue weighted by Crippen LogP contribution is 2.35. The van der Waals surface area contributed by atoms with Crippen molar-refractivity contribution in [1.82, 2.24) is 10.6 Å². The molecule has 0 heterocycles. The Bertz CT molecular complexity index is 372. The summed E-state index contributed by atoms with van der Waals surface area (Å²) in [5.74, 6) is -1.00. The van der Waals surface area contributed by atoms with Crippen LogP contribution < -0.4 is 10.6 Å². The van der Waals surface area contributed by atoms with Crippen LogP contribution in [0.4, 0.5) is 4.79 Å². The number of carboxylic acid groups (broad SMARTS) is 1. The number of urea groups is 1. The molecule has 2 atom stereocenters. The molecule has 1 unspecified atom stereocenters. The van der Waals surface area contributed by atoms with Crippen molar-refractivity contribution < 1.29 is 14.7 Å². The third-order valence-electron chi connectivity index (χ3n) is 4.20.